The summed E-state index contributed by atoms with van der Waals surface area (Å²) in [6.07, 6.45) is 9.10. The smallest absolute Gasteiger partial charge is 0.338 e. The Kier molecular flexibility index (Phi) is 2.74. The van der Waals surface area contributed by atoms with Gasteiger partial charge in [-0.25, -0.2) is 4.79 Å². The lowest BCUT2D eigenvalue weighted by Crippen LogP contribution is -2.25. The van der Waals surface area contributed by atoms with E-state index in [4.69, 9.17) is 4.74 Å². The van der Waals surface area contributed by atoms with Crippen molar-refractivity contribution in [1.82, 2.24) is 0 Å². The third-order valence-electron chi connectivity index (χ3n) is 4.49. The van der Waals surface area contributed by atoms with E-state index in [1.165, 1.54) is 56.1 Å². The first-order chi connectivity index (χ1) is 8.24. The van der Waals surface area contributed by atoms with Crippen LogP contribution in [0, 0.1) is 5.41 Å². The highest BCUT2D eigenvalue weighted by molar-refractivity contribution is 7.10. The zero-order chi connectivity index (χ0) is 11.9. The molecule has 1 aromatic rings. The van der Waals surface area contributed by atoms with E-state index < -0.39 is 0 Å². The van der Waals surface area contributed by atoms with E-state index in [-0.39, 0.29) is 5.97 Å². The monoisotopic (exact) mass is 250 g/mol. The van der Waals surface area contributed by atoms with Gasteiger partial charge in [-0.2, -0.15) is 0 Å². The number of fused-ring (bicyclic) bond motifs is 1. The van der Waals surface area contributed by atoms with Crippen LogP contribution in [-0.4, -0.2) is 13.1 Å². The van der Waals surface area contributed by atoms with Crippen LogP contribution < -0.4 is 0 Å². The van der Waals surface area contributed by atoms with Gasteiger partial charge in [-0.15, -0.1) is 11.3 Å². The van der Waals surface area contributed by atoms with E-state index in [1.54, 1.807) is 11.3 Å². The molecule has 0 bridgehead atoms. The van der Waals surface area contributed by atoms with Gasteiger partial charge in [-0.1, -0.05) is 12.8 Å². The second-order valence-corrected chi connectivity index (χ2v) is 6.39. The molecule has 0 atom stereocenters. The lowest BCUT2D eigenvalue weighted by molar-refractivity contribution is 0.0599. The summed E-state index contributed by atoms with van der Waals surface area (Å²) in [6.45, 7) is 0. The number of esters is 1. The lowest BCUT2D eigenvalue weighted by atomic mass is 9.72. The van der Waals surface area contributed by atoms with Crippen LogP contribution in [0.1, 0.15) is 52.9 Å². The van der Waals surface area contributed by atoms with Crippen LogP contribution >= 0.6 is 11.3 Å². The van der Waals surface area contributed by atoms with Crippen molar-refractivity contribution in [2.75, 3.05) is 7.11 Å². The molecule has 0 radical (unpaired) electrons. The van der Waals surface area contributed by atoms with Crippen LogP contribution in [0.2, 0.25) is 0 Å². The third-order valence-corrected chi connectivity index (χ3v) is 5.52. The molecule has 3 rings (SSSR count). The van der Waals surface area contributed by atoms with Crippen LogP contribution in [0.25, 0.3) is 0 Å². The van der Waals surface area contributed by atoms with E-state index in [0.717, 1.165) is 12.0 Å². The molecule has 17 heavy (non-hydrogen) atoms. The number of carbonyl (C=O) groups excluding carboxylic acids is 1. The lowest BCUT2D eigenvalue weighted by Gasteiger charge is -2.33. The highest BCUT2D eigenvalue weighted by Gasteiger charge is 2.38. The second kappa shape index (κ2) is 4.13. The molecule has 92 valence electrons. The van der Waals surface area contributed by atoms with Gasteiger partial charge in [0.15, 0.2) is 0 Å². The predicted octanol–water partition coefficient (Wildman–Crippen LogP) is 3.58. The van der Waals surface area contributed by atoms with E-state index in [0.29, 0.717) is 5.41 Å². The molecule has 1 spiro atoms. The third kappa shape index (κ3) is 1.81. The van der Waals surface area contributed by atoms with Gasteiger partial charge >= 0.3 is 5.97 Å². The summed E-state index contributed by atoms with van der Waals surface area (Å²) in [5.41, 5.74) is 2.67. The van der Waals surface area contributed by atoms with Gasteiger partial charge in [-0.05, 0) is 43.1 Å². The number of hydrogen-bond acceptors (Lipinski definition) is 3. The van der Waals surface area contributed by atoms with E-state index in [2.05, 4.69) is 0 Å². The molecular weight excluding hydrogens is 232 g/mol. The maximum atomic E-state index is 11.6. The zero-order valence-electron chi connectivity index (χ0n) is 10.3. The summed E-state index contributed by atoms with van der Waals surface area (Å²) in [5.74, 6) is -0.162. The Labute approximate surface area is 106 Å². The fourth-order valence-corrected chi connectivity index (χ4v) is 4.74. The molecule has 0 aromatic carbocycles. The number of rotatable bonds is 1. The number of methoxy groups -OCH3 is 1. The first kappa shape index (κ1) is 11.3. The minimum Gasteiger partial charge on any atom is -0.465 e. The number of ether oxygens (including phenoxy) is 1. The molecule has 1 saturated carbocycles. The van der Waals surface area contributed by atoms with E-state index in [1.807, 2.05) is 5.38 Å². The molecule has 1 fully saturated rings. The van der Waals surface area contributed by atoms with Gasteiger partial charge in [-0.3, -0.25) is 0 Å². The molecule has 2 aliphatic rings. The molecule has 3 heteroatoms. The van der Waals surface area contributed by atoms with Gasteiger partial charge < -0.3 is 4.74 Å². The van der Waals surface area contributed by atoms with Crippen molar-refractivity contribution in [2.24, 2.45) is 5.41 Å². The van der Waals surface area contributed by atoms with Gasteiger partial charge in [0.1, 0.15) is 0 Å². The number of hydrogen-bond donors (Lipinski definition) is 0. The largest absolute Gasteiger partial charge is 0.465 e. The van der Waals surface area contributed by atoms with Crippen LogP contribution in [0.5, 0.6) is 0 Å². The highest BCUT2D eigenvalue weighted by atomic mass is 32.1. The Hall–Kier alpha value is -0.830. The normalized spacial score (nSPS) is 21.5. The molecule has 0 unspecified atom stereocenters. The van der Waals surface area contributed by atoms with Crippen molar-refractivity contribution in [3.8, 4) is 0 Å². The summed E-state index contributed by atoms with van der Waals surface area (Å²) in [6, 6.07) is 0. The maximum absolute atomic E-state index is 11.6. The minimum absolute atomic E-state index is 0.162. The predicted molar refractivity (Wildman–Crippen MR) is 68.6 cm³/mol. The van der Waals surface area contributed by atoms with Crippen LogP contribution in [0.3, 0.4) is 0 Å². The summed E-state index contributed by atoms with van der Waals surface area (Å²) < 4.78 is 4.85. The van der Waals surface area contributed by atoms with Crippen LogP contribution in [0.15, 0.2) is 5.38 Å². The fourth-order valence-electron chi connectivity index (χ4n) is 3.50. The average molecular weight is 250 g/mol. The van der Waals surface area contributed by atoms with Gasteiger partial charge in [0.05, 0.1) is 12.7 Å². The molecule has 2 aliphatic carbocycles. The minimum atomic E-state index is -0.162. The fraction of sp³-hybridized carbons (Fsp3) is 0.643. The summed E-state index contributed by atoms with van der Waals surface area (Å²) in [5, 5.41) is 1.99. The molecule has 1 aromatic heterocycles. The maximum Gasteiger partial charge on any atom is 0.338 e. The first-order valence-electron chi connectivity index (χ1n) is 6.42. The molecular formula is C14H18O2S. The van der Waals surface area contributed by atoms with Crippen molar-refractivity contribution in [3.63, 3.8) is 0 Å². The van der Waals surface area contributed by atoms with Crippen molar-refractivity contribution < 1.29 is 9.53 Å². The van der Waals surface area contributed by atoms with Crippen molar-refractivity contribution in [1.29, 1.82) is 0 Å². The first-order valence-corrected chi connectivity index (χ1v) is 7.30. The standard InChI is InChI=1S/C14H18O2S/c1-16-13(15)11-9-17-12-8-14(5-2-3-6-14)7-4-10(11)12/h9H,2-8H2,1H3. The topological polar surface area (TPSA) is 26.3 Å². The Morgan fingerprint density at radius 2 is 2.12 bits per heavy atom. The molecule has 2 nitrogen and oxygen atoms in total. The molecule has 0 N–H and O–H groups in total. The summed E-state index contributed by atoms with van der Waals surface area (Å²) in [7, 11) is 1.47. The SMILES string of the molecule is COC(=O)c1csc2c1CCC1(CCCC1)C2. The van der Waals surface area contributed by atoms with Crippen LogP contribution in [0.4, 0.5) is 0 Å². The quantitative estimate of drug-likeness (QED) is 0.712. The Balaban J connectivity index is 1.89. The van der Waals surface area contributed by atoms with Gasteiger partial charge in [0, 0.05) is 10.3 Å². The second-order valence-electron chi connectivity index (χ2n) is 5.43. The summed E-state index contributed by atoms with van der Waals surface area (Å²) >= 11 is 1.76. The van der Waals surface area contributed by atoms with Crippen LogP contribution in [-0.2, 0) is 17.6 Å². The molecule has 0 saturated heterocycles. The number of carbonyl (C=O) groups is 1. The van der Waals surface area contributed by atoms with Gasteiger partial charge in [0.2, 0.25) is 0 Å². The van der Waals surface area contributed by atoms with Crippen molar-refractivity contribution >= 4 is 17.3 Å². The van der Waals surface area contributed by atoms with E-state index in [9.17, 15) is 4.79 Å². The zero-order valence-corrected chi connectivity index (χ0v) is 11.1. The van der Waals surface area contributed by atoms with E-state index >= 15 is 0 Å². The summed E-state index contributed by atoms with van der Waals surface area (Å²) in [4.78, 5) is 13.1. The average Bonchev–Trinajstić information content (AvgIpc) is 2.95. The Bertz CT molecular complexity index is 441. The Morgan fingerprint density at radius 3 is 2.82 bits per heavy atom. The molecule has 0 aliphatic heterocycles. The van der Waals surface area contributed by atoms with Gasteiger partial charge in [0.25, 0.3) is 0 Å². The van der Waals surface area contributed by atoms with Crippen molar-refractivity contribution in [2.45, 2.75) is 44.9 Å². The molecule has 1 heterocycles. The van der Waals surface area contributed by atoms with Crippen molar-refractivity contribution in [3.05, 3.63) is 21.4 Å². The molecule has 0 amide bonds. The number of thiophene rings is 1. The Morgan fingerprint density at radius 1 is 1.35 bits per heavy atom. The highest BCUT2D eigenvalue weighted by Crippen LogP contribution is 2.49.